The highest BCUT2D eigenvalue weighted by Crippen LogP contribution is 2.26. The lowest BCUT2D eigenvalue weighted by atomic mass is 9.96. The van der Waals surface area contributed by atoms with E-state index in [-0.39, 0.29) is 11.8 Å². The number of likely N-dealkylation sites (tertiary alicyclic amines) is 1. The summed E-state index contributed by atoms with van der Waals surface area (Å²) in [5, 5.41) is 4.17. The first-order valence-electron chi connectivity index (χ1n) is 9.85. The van der Waals surface area contributed by atoms with E-state index < -0.39 is 0 Å². The summed E-state index contributed by atoms with van der Waals surface area (Å²) >= 11 is 0. The molecule has 3 aromatic heterocycles. The van der Waals surface area contributed by atoms with Crippen LogP contribution < -0.4 is 0 Å². The van der Waals surface area contributed by atoms with E-state index in [1.807, 2.05) is 61.1 Å². The van der Waals surface area contributed by atoms with Gasteiger partial charge in [0, 0.05) is 57.3 Å². The number of carbonyl (C=O) groups excluding carboxylic acids is 1. The highest BCUT2D eigenvalue weighted by atomic mass is 16.2. The molecule has 0 aliphatic carbocycles. The van der Waals surface area contributed by atoms with Crippen molar-refractivity contribution in [3.8, 4) is 0 Å². The van der Waals surface area contributed by atoms with Gasteiger partial charge in [0.05, 0.1) is 18.4 Å². The normalized spacial score (nSPS) is 17.0. The summed E-state index contributed by atoms with van der Waals surface area (Å²) in [5.41, 5.74) is 2.12. The average Bonchev–Trinajstić information content (AvgIpc) is 3.36. The van der Waals surface area contributed by atoms with Gasteiger partial charge >= 0.3 is 0 Å². The molecule has 7 nitrogen and oxygen atoms in total. The lowest BCUT2D eigenvalue weighted by molar-refractivity contribution is -0.132. The maximum absolute atomic E-state index is 12.7. The molecule has 7 heteroatoms. The average molecular weight is 378 g/mol. The fourth-order valence-corrected chi connectivity index (χ4v) is 3.91. The van der Waals surface area contributed by atoms with Crippen molar-refractivity contribution >= 4 is 5.91 Å². The van der Waals surface area contributed by atoms with Crippen LogP contribution in [0.15, 0.2) is 49.2 Å². The second kappa shape index (κ2) is 8.37. The Morgan fingerprint density at radius 2 is 2.18 bits per heavy atom. The Kier molecular flexibility index (Phi) is 5.50. The number of imidazole rings is 1. The van der Waals surface area contributed by atoms with E-state index in [2.05, 4.69) is 19.6 Å². The topological polar surface area (TPSA) is 68.8 Å². The zero-order valence-corrected chi connectivity index (χ0v) is 16.2. The zero-order valence-electron chi connectivity index (χ0n) is 16.2. The molecule has 28 heavy (non-hydrogen) atoms. The van der Waals surface area contributed by atoms with Crippen molar-refractivity contribution in [3.63, 3.8) is 0 Å². The van der Waals surface area contributed by atoms with Crippen molar-refractivity contribution in [2.45, 2.75) is 38.1 Å². The lowest BCUT2D eigenvalue weighted by Gasteiger charge is -2.32. The van der Waals surface area contributed by atoms with Gasteiger partial charge in [-0.1, -0.05) is 6.07 Å². The smallest absolute Gasteiger partial charge is 0.222 e. The third kappa shape index (κ3) is 4.30. The number of pyridine rings is 1. The molecule has 0 spiro atoms. The van der Waals surface area contributed by atoms with Gasteiger partial charge < -0.3 is 9.47 Å². The lowest BCUT2D eigenvalue weighted by Crippen LogP contribution is -2.39. The SMILES string of the molecule is Cn1cc(CCC(=O)N2CCCC(c3nccn3Cc3ccccn3)C2)cn1. The van der Waals surface area contributed by atoms with Gasteiger partial charge in [0.1, 0.15) is 5.82 Å². The standard InChI is InChI=1S/C21H26N6O/c1-25-14-17(13-24-25)7-8-20(28)26-11-4-5-18(15-26)21-23-10-12-27(21)16-19-6-2-3-9-22-19/h2-3,6,9-10,12-14,18H,4-5,7-8,11,15-16H2,1H3. The monoisotopic (exact) mass is 378 g/mol. The Hall–Kier alpha value is -2.96. The van der Waals surface area contributed by atoms with Crippen LogP contribution in [0.2, 0.25) is 0 Å². The Balaban J connectivity index is 1.38. The quantitative estimate of drug-likeness (QED) is 0.660. The van der Waals surface area contributed by atoms with Crippen LogP contribution in [0, 0.1) is 0 Å². The number of hydrogen-bond acceptors (Lipinski definition) is 4. The van der Waals surface area contributed by atoms with Crippen molar-refractivity contribution in [1.82, 2.24) is 29.2 Å². The van der Waals surface area contributed by atoms with E-state index in [9.17, 15) is 4.79 Å². The third-order valence-corrected chi connectivity index (χ3v) is 5.33. The maximum Gasteiger partial charge on any atom is 0.222 e. The zero-order chi connectivity index (χ0) is 19.3. The molecule has 1 aliphatic rings. The molecule has 1 unspecified atom stereocenters. The summed E-state index contributed by atoms with van der Waals surface area (Å²) in [4.78, 5) is 23.8. The third-order valence-electron chi connectivity index (χ3n) is 5.33. The molecule has 3 aromatic rings. The van der Waals surface area contributed by atoms with Crippen molar-refractivity contribution in [3.05, 3.63) is 66.3 Å². The van der Waals surface area contributed by atoms with E-state index in [1.165, 1.54) is 0 Å². The van der Waals surface area contributed by atoms with Crippen molar-refractivity contribution in [1.29, 1.82) is 0 Å². The number of rotatable bonds is 6. The summed E-state index contributed by atoms with van der Waals surface area (Å²) in [6.45, 7) is 2.29. The summed E-state index contributed by atoms with van der Waals surface area (Å²) < 4.78 is 3.94. The highest BCUT2D eigenvalue weighted by molar-refractivity contribution is 5.76. The fourth-order valence-electron chi connectivity index (χ4n) is 3.91. The first kappa shape index (κ1) is 18.4. The van der Waals surface area contributed by atoms with Crippen LogP contribution in [0.4, 0.5) is 0 Å². The van der Waals surface area contributed by atoms with Crippen LogP contribution in [0.5, 0.6) is 0 Å². The molecule has 146 valence electrons. The van der Waals surface area contributed by atoms with Gasteiger partial charge in [0.25, 0.3) is 0 Å². The Labute approximate surface area is 165 Å². The van der Waals surface area contributed by atoms with Gasteiger partial charge in [0.2, 0.25) is 5.91 Å². The summed E-state index contributed by atoms with van der Waals surface area (Å²) in [6, 6.07) is 5.95. The predicted molar refractivity (Wildman–Crippen MR) is 106 cm³/mol. The van der Waals surface area contributed by atoms with E-state index in [1.54, 1.807) is 4.68 Å². The second-order valence-electron chi connectivity index (χ2n) is 7.44. The highest BCUT2D eigenvalue weighted by Gasteiger charge is 2.27. The van der Waals surface area contributed by atoms with E-state index in [4.69, 9.17) is 0 Å². The molecule has 1 atom stereocenters. The number of piperidine rings is 1. The minimum absolute atomic E-state index is 0.219. The van der Waals surface area contributed by atoms with Gasteiger partial charge in [-0.3, -0.25) is 14.5 Å². The maximum atomic E-state index is 12.7. The van der Waals surface area contributed by atoms with E-state index in [0.717, 1.165) is 49.4 Å². The van der Waals surface area contributed by atoms with Gasteiger partial charge in [-0.05, 0) is 37.0 Å². The minimum atomic E-state index is 0.219. The summed E-state index contributed by atoms with van der Waals surface area (Å²) in [5.74, 6) is 1.54. The molecular formula is C21H26N6O. The second-order valence-corrected chi connectivity index (χ2v) is 7.44. The number of aromatic nitrogens is 5. The number of amides is 1. The van der Waals surface area contributed by atoms with Crippen LogP contribution in [-0.4, -0.2) is 48.2 Å². The van der Waals surface area contributed by atoms with Crippen molar-refractivity contribution in [2.24, 2.45) is 7.05 Å². The van der Waals surface area contributed by atoms with Crippen molar-refractivity contribution < 1.29 is 4.79 Å². The molecule has 0 aromatic carbocycles. The van der Waals surface area contributed by atoms with Crippen LogP contribution in [0.3, 0.4) is 0 Å². The number of carbonyl (C=O) groups is 1. The first-order valence-corrected chi connectivity index (χ1v) is 9.85. The number of nitrogens with zero attached hydrogens (tertiary/aromatic N) is 6. The Bertz CT molecular complexity index is 916. The molecular weight excluding hydrogens is 352 g/mol. The van der Waals surface area contributed by atoms with E-state index in [0.29, 0.717) is 13.0 Å². The van der Waals surface area contributed by atoms with Crippen LogP contribution in [0.1, 0.15) is 42.3 Å². The molecule has 1 fully saturated rings. The minimum Gasteiger partial charge on any atom is -0.342 e. The van der Waals surface area contributed by atoms with Crippen LogP contribution >= 0.6 is 0 Å². The van der Waals surface area contributed by atoms with E-state index >= 15 is 0 Å². The van der Waals surface area contributed by atoms with Gasteiger partial charge in [-0.2, -0.15) is 5.10 Å². The van der Waals surface area contributed by atoms with Crippen LogP contribution in [0.25, 0.3) is 0 Å². The molecule has 0 radical (unpaired) electrons. The van der Waals surface area contributed by atoms with Crippen molar-refractivity contribution in [2.75, 3.05) is 13.1 Å². The summed E-state index contributed by atoms with van der Waals surface area (Å²) in [7, 11) is 1.90. The van der Waals surface area contributed by atoms with Gasteiger partial charge in [-0.15, -0.1) is 0 Å². The predicted octanol–water partition coefficient (Wildman–Crippen LogP) is 2.40. The Morgan fingerprint density at radius 1 is 1.25 bits per heavy atom. The molecule has 0 saturated carbocycles. The molecule has 1 saturated heterocycles. The molecule has 4 heterocycles. The fraction of sp³-hybridized carbons (Fsp3) is 0.429. The molecule has 0 bridgehead atoms. The molecule has 4 rings (SSSR count). The first-order chi connectivity index (χ1) is 13.7. The summed E-state index contributed by atoms with van der Waals surface area (Å²) in [6.07, 6.45) is 12.8. The van der Waals surface area contributed by atoms with Crippen LogP contribution in [-0.2, 0) is 24.8 Å². The largest absolute Gasteiger partial charge is 0.342 e. The van der Waals surface area contributed by atoms with Gasteiger partial charge in [-0.25, -0.2) is 4.98 Å². The van der Waals surface area contributed by atoms with Gasteiger partial charge in [0.15, 0.2) is 0 Å². The Morgan fingerprint density at radius 3 is 2.96 bits per heavy atom. The molecule has 1 aliphatic heterocycles. The number of aryl methyl sites for hydroxylation is 2. The molecule has 0 N–H and O–H groups in total. The molecule has 1 amide bonds. The number of hydrogen-bond donors (Lipinski definition) is 0.